The highest BCUT2D eigenvalue weighted by molar-refractivity contribution is 5.36. The Hall–Kier alpha value is -1.02. The van der Waals surface area contributed by atoms with Crippen LogP contribution in [0, 0.1) is 5.92 Å². The summed E-state index contributed by atoms with van der Waals surface area (Å²) < 4.78 is 5.45. The van der Waals surface area contributed by atoms with Crippen LogP contribution in [0.2, 0.25) is 0 Å². The first-order valence-corrected chi connectivity index (χ1v) is 4.19. The fourth-order valence-corrected chi connectivity index (χ4v) is 1.48. The van der Waals surface area contributed by atoms with E-state index in [1.165, 1.54) is 0 Å². The molecule has 1 aromatic carbocycles. The van der Waals surface area contributed by atoms with E-state index in [-0.39, 0.29) is 12.0 Å². The van der Waals surface area contributed by atoms with E-state index in [9.17, 15) is 5.11 Å². The third kappa shape index (κ3) is 1.08. The molecule has 0 radical (unpaired) electrons. The van der Waals surface area contributed by atoms with Crippen molar-refractivity contribution in [3.05, 3.63) is 29.8 Å². The van der Waals surface area contributed by atoms with E-state index in [1.54, 1.807) is 0 Å². The van der Waals surface area contributed by atoms with Crippen molar-refractivity contribution in [1.29, 1.82) is 0 Å². The molecule has 2 rings (SSSR count). The second-order valence-electron chi connectivity index (χ2n) is 3.27. The second-order valence-corrected chi connectivity index (χ2v) is 3.27. The zero-order valence-corrected chi connectivity index (χ0v) is 7.03. The Morgan fingerprint density at radius 3 is 3.00 bits per heavy atom. The molecule has 2 atom stereocenters. The summed E-state index contributed by atoms with van der Waals surface area (Å²) in [6.07, 6.45) is -0.366. The number of aliphatic hydroxyl groups is 1. The summed E-state index contributed by atoms with van der Waals surface area (Å²) in [5, 5.41) is 9.75. The molecule has 2 nitrogen and oxygen atoms in total. The summed E-state index contributed by atoms with van der Waals surface area (Å²) in [4.78, 5) is 0. The quantitative estimate of drug-likeness (QED) is 0.633. The highest BCUT2D eigenvalue weighted by Crippen LogP contribution is 2.34. The highest BCUT2D eigenvalue weighted by Gasteiger charge is 2.24. The maximum atomic E-state index is 9.75. The van der Waals surface area contributed by atoms with Gasteiger partial charge in [0.15, 0.2) is 0 Å². The lowest BCUT2D eigenvalue weighted by molar-refractivity contribution is 0.0604. The third-order valence-electron chi connectivity index (χ3n) is 2.28. The van der Waals surface area contributed by atoms with Gasteiger partial charge in [0.25, 0.3) is 0 Å². The normalized spacial score (nSPS) is 27.5. The molecule has 1 aliphatic heterocycles. The number of rotatable bonds is 0. The van der Waals surface area contributed by atoms with E-state index in [0.29, 0.717) is 6.61 Å². The molecular formula is C10H12O2. The third-order valence-corrected chi connectivity index (χ3v) is 2.28. The van der Waals surface area contributed by atoms with Crippen molar-refractivity contribution in [3.63, 3.8) is 0 Å². The van der Waals surface area contributed by atoms with Crippen molar-refractivity contribution >= 4 is 0 Å². The summed E-state index contributed by atoms with van der Waals surface area (Å²) in [7, 11) is 0. The first-order valence-electron chi connectivity index (χ1n) is 4.19. The van der Waals surface area contributed by atoms with Gasteiger partial charge in [-0.25, -0.2) is 0 Å². The molecule has 12 heavy (non-hydrogen) atoms. The van der Waals surface area contributed by atoms with Gasteiger partial charge in [0, 0.05) is 11.5 Å². The van der Waals surface area contributed by atoms with Crippen LogP contribution < -0.4 is 4.74 Å². The van der Waals surface area contributed by atoms with Crippen LogP contribution in [-0.4, -0.2) is 11.7 Å². The predicted molar refractivity (Wildman–Crippen MR) is 46.1 cm³/mol. The number of aliphatic hydroxyl groups excluding tert-OH is 1. The van der Waals surface area contributed by atoms with E-state index >= 15 is 0 Å². The Morgan fingerprint density at radius 2 is 2.17 bits per heavy atom. The molecule has 0 amide bonds. The fourth-order valence-electron chi connectivity index (χ4n) is 1.48. The van der Waals surface area contributed by atoms with Crippen molar-refractivity contribution in [3.8, 4) is 5.75 Å². The van der Waals surface area contributed by atoms with E-state index in [2.05, 4.69) is 0 Å². The number of ether oxygens (including phenoxy) is 1. The van der Waals surface area contributed by atoms with Crippen LogP contribution in [0.3, 0.4) is 0 Å². The lowest BCUT2D eigenvalue weighted by Crippen LogP contribution is -2.23. The largest absolute Gasteiger partial charge is 0.493 e. The van der Waals surface area contributed by atoms with E-state index in [1.807, 2.05) is 31.2 Å². The van der Waals surface area contributed by atoms with Crippen molar-refractivity contribution in [1.82, 2.24) is 0 Å². The molecule has 0 saturated carbocycles. The molecule has 0 unspecified atom stereocenters. The van der Waals surface area contributed by atoms with Crippen LogP contribution in [0.15, 0.2) is 24.3 Å². The van der Waals surface area contributed by atoms with Gasteiger partial charge in [-0.15, -0.1) is 0 Å². The van der Waals surface area contributed by atoms with Crippen LogP contribution in [0.25, 0.3) is 0 Å². The number of fused-ring (bicyclic) bond motifs is 1. The van der Waals surface area contributed by atoms with E-state index in [0.717, 1.165) is 11.3 Å². The average Bonchev–Trinajstić information content (AvgIpc) is 2.12. The predicted octanol–water partition coefficient (Wildman–Crippen LogP) is 1.75. The van der Waals surface area contributed by atoms with Gasteiger partial charge in [-0.2, -0.15) is 0 Å². The molecule has 0 aromatic heterocycles. The summed E-state index contributed by atoms with van der Waals surface area (Å²) in [5.41, 5.74) is 0.913. The van der Waals surface area contributed by atoms with Crippen LogP contribution in [0.1, 0.15) is 18.6 Å². The van der Waals surface area contributed by atoms with Crippen molar-refractivity contribution < 1.29 is 9.84 Å². The smallest absolute Gasteiger partial charge is 0.125 e. The molecule has 0 saturated heterocycles. The Labute approximate surface area is 71.8 Å². The van der Waals surface area contributed by atoms with Crippen LogP contribution in [0.4, 0.5) is 0 Å². The van der Waals surface area contributed by atoms with Gasteiger partial charge in [-0.05, 0) is 6.07 Å². The summed E-state index contributed by atoms with van der Waals surface area (Å²) in [5.74, 6) is 1.02. The SMILES string of the molecule is C[C@H]1COc2ccccc2[C@@H]1O. The monoisotopic (exact) mass is 164 g/mol. The lowest BCUT2D eigenvalue weighted by atomic mass is 9.95. The number of benzene rings is 1. The minimum absolute atomic E-state index is 0.194. The number of hydrogen-bond acceptors (Lipinski definition) is 2. The molecule has 1 heterocycles. The van der Waals surface area contributed by atoms with Crippen LogP contribution in [-0.2, 0) is 0 Å². The Morgan fingerprint density at radius 1 is 1.42 bits per heavy atom. The Bertz CT molecular complexity index is 283. The Balaban J connectivity index is 2.42. The highest BCUT2D eigenvalue weighted by atomic mass is 16.5. The van der Waals surface area contributed by atoms with Crippen molar-refractivity contribution in [2.24, 2.45) is 5.92 Å². The first-order chi connectivity index (χ1) is 5.79. The zero-order valence-electron chi connectivity index (χ0n) is 7.03. The molecule has 0 spiro atoms. The summed E-state index contributed by atoms with van der Waals surface area (Å²) >= 11 is 0. The van der Waals surface area contributed by atoms with Gasteiger partial charge in [-0.3, -0.25) is 0 Å². The maximum Gasteiger partial charge on any atom is 0.125 e. The average molecular weight is 164 g/mol. The maximum absolute atomic E-state index is 9.75. The number of para-hydroxylation sites is 1. The molecular weight excluding hydrogens is 152 g/mol. The van der Waals surface area contributed by atoms with E-state index < -0.39 is 0 Å². The molecule has 1 aromatic rings. The minimum atomic E-state index is -0.366. The van der Waals surface area contributed by atoms with Gasteiger partial charge in [-0.1, -0.05) is 25.1 Å². The van der Waals surface area contributed by atoms with Crippen molar-refractivity contribution in [2.75, 3.05) is 6.61 Å². The van der Waals surface area contributed by atoms with Gasteiger partial charge < -0.3 is 9.84 Å². The van der Waals surface area contributed by atoms with Gasteiger partial charge in [0.1, 0.15) is 5.75 Å². The Kier molecular flexibility index (Phi) is 1.77. The lowest BCUT2D eigenvalue weighted by Gasteiger charge is -2.27. The topological polar surface area (TPSA) is 29.5 Å². The standard InChI is InChI=1S/C10H12O2/c1-7-6-12-9-5-3-2-4-8(9)10(7)11/h2-5,7,10-11H,6H2,1H3/t7-,10+/m0/s1. The molecule has 1 N–H and O–H groups in total. The van der Waals surface area contributed by atoms with Gasteiger partial charge in [0.2, 0.25) is 0 Å². The molecule has 0 bridgehead atoms. The molecule has 1 aliphatic rings. The summed E-state index contributed by atoms with van der Waals surface area (Å²) in [6, 6.07) is 7.64. The summed E-state index contributed by atoms with van der Waals surface area (Å²) in [6.45, 7) is 2.60. The van der Waals surface area contributed by atoms with Gasteiger partial charge >= 0.3 is 0 Å². The zero-order chi connectivity index (χ0) is 8.55. The molecule has 64 valence electrons. The van der Waals surface area contributed by atoms with Gasteiger partial charge in [0.05, 0.1) is 12.7 Å². The van der Waals surface area contributed by atoms with E-state index in [4.69, 9.17) is 4.74 Å². The van der Waals surface area contributed by atoms with Crippen LogP contribution in [0.5, 0.6) is 5.75 Å². The number of hydrogen-bond donors (Lipinski definition) is 1. The second kappa shape index (κ2) is 2.79. The van der Waals surface area contributed by atoms with Crippen molar-refractivity contribution in [2.45, 2.75) is 13.0 Å². The fraction of sp³-hybridized carbons (Fsp3) is 0.400. The molecule has 0 aliphatic carbocycles. The molecule has 0 fully saturated rings. The van der Waals surface area contributed by atoms with Crippen LogP contribution >= 0.6 is 0 Å². The minimum Gasteiger partial charge on any atom is -0.493 e. The molecule has 2 heteroatoms. The first kappa shape index (κ1) is 7.62.